The van der Waals surface area contributed by atoms with Crippen molar-refractivity contribution in [3.8, 4) is 17.2 Å². The van der Waals surface area contributed by atoms with Crippen molar-refractivity contribution >= 4 is 21.7 Å². The van der Waals surface area contributed by atoms with Crippen LogP contribution in [-0.4, -0.2) is 35.2 Å². The lowest BCUT2D eigenvalue weighted by Crippen LogP contribution is -2.26. The number of anilines is 1. The van der Waals surface area contributed by atoms with E-state index in [4.69, 9.17) is 14.2 Å². The van der Waals surface area contributed by atoms with E-state index in [0.717, 1.165) is 4.31 Å². The highest BCUT2D eigenvalue weighted by Gasteiger charge is 2.23. The molecule has 0 saturated carbocycles. The van der Waals surface area contributed by atoms with E-state index >= 15 is 0 Å². The average Bonchev–Trinajstić information content (AvgIpc) is 2.80. The Labute approximate surface area is 181 Å². The number of sulfonamides is 1. The lowest BCUT2D eigenvalue weighted by atomic mass is 10.2. The molecule has 0 bridgehead atoms. The molecule has 3 rings (SSSR count). The van der Waals surface area contributed by atoms with Gasteiger partial charge in [-0.3, -0.25) is 4.31 Å². The van der Waals surface area contributed by atoms with Crippen LogP contribution in [0.25, 0.3) is 0 Å². The third kappa shape index (κ3) is 5.16. The molecule has 0 fully saturated rings. The molecule has 0 aromatic heterocycles. The van der Waals surface area contributed by atoms with Crippen LogP contribution in [0.5, 0.6) is 17.2 Å². The zero-order valence-electron chi connectivity index (χ0n) is 17.4. The van der Waals surface area contributed by atoms with Gasteiger partial charge in [-0.25, -0.2) is 13.2 Å². The number of benzene rings is 3. The van der Waals surface area contributed by atoms with E-state index in [1.165, 1.54) is 38.4 Å². The quantitative estimate of drug-likeness (QED) is 0.386. The Balaban J connectivity index is 1.79. The lowest BCUT2D eigenvalue weighted by Gasteiger charge is -2.20. The maximum absolute atomic E-state index is 13.0. The summed E-state index contributed by atoms with van der Waals surface area (Å²) in [7, 11) is -0.903. The van der Waals surface area contributed by atoms with E-state index < -0.39 is 16.0 Å². The molecule has 0 spiro atoms. The highest BCUT2D eigenvalue weighted by molar-refractivity contribution is 7.92. The first-order chi connectivity index (χ1) is 14.8. The Bertz CT molecular complexity index is 1140. The Hall–Kier alpha value is -3.52. The van der Waals surface area contributed by atoms with Gasteiger partial charge in [0.25, 0.3) is 10.0 Å². The second kappa shape index (κ2) is 9.53. The fourth-order valence-corrected chi connectivity index (χ4v) is 4.05. The molecule has 0 amide bonds. The van der Waals surface area contributed by atoms with Crippen molar-refractivity contribution in [2.45, 2.75) is 11.8 Å². The number of methoxy groups -OCH3 is 1. The van der Waals surface area contributed by atoms with Gasteiger partial charge in [0.15, 0.2) is 0 Å². The molecule has 0 radical (unpaired) electrons. The summed E-state index contributed by atoms with van der Waals surface area (Å²) in [5.74, 6) is 0.955. The topological polar surface area (TPSA) is 82.1 Å². The van der Waals surface area contributed by atoms with Crippen LogP contribution >= 0.6 is 0 Å². The summed E-state index contributed by atoms with van der Waals surface area (Å²) in [5.41, 5.74) is 0.584. The van der Waals surface area contributed by atoms with Crippen molar-refractivity contribution in [2.24, 2.45) is 0 Å². The molecular formula is C23H23NO6S. The number of ether oxygens (including phenoxy) is 3. The fraction of sp³-hybridized carbons (Fsp3) is 0.174. The summed E-state index contributed by atoms with van der Waals surface area (Å²) >= 11 is 0. The van der Waals surface area contributed by atoms with Crippen LogP contribution in [0.1, 0.15) is 17.3 Å². The maximum atomic E-state index is 13.0. The number of esters is 1. The normalized spacial score (nSPS) is 10.9. The average molecular weight is 442 g/mol. The molecule has 7 nitrogen and oxygen atoms in total. The van der Waals surface area contributed by atoms with Gasteiger partial charge in [-0.15, -0.1) is 0 Å². The van der Waals surface area contributed by atoms with Crippen LogP contribution in [-0.2, 0) is 10.0 Å². The van der Waals surface area contributed by atoms with Crippen LogP contribution in [0.3, 0.4) is 0 Å². The number of hydrogen-bond donors (Lipinski definition) is 0. The van der Waals surface area contributed by atoms with Crippen LogP contribution in [0.15, 0.2) is 77.7 Å². The molecule has 3 aromatic carbocycles. The van der Waals surface area contributed by atoms with Crippen LogP contribution in [0, 0.1) is 0 Å². The van der Waals surface area contributed by atoms with Crippen molar-refractivity contribution in [1.82, 2.24) is 0 Å². The van der Waals surface area contributed by atoms with E-state index in [1.54, 1.807) is 48.5 Å². The molecule has 162 valence electrons. The number of hydrogen-bond acceptors (Lipinski definition) is 6. The summed E-state index contributed by atoms with van der Waals surface area (Å²) in [6.45, 7) is 2.41. The molecule has 0 N–H and O–H groups in total. The number of carbonyl (C=O) groups excluding carboxylic acids is 1. The molecule has 0 aliphatic rings. The van der Waals surface area contributed by atoms with Crippen molar-refractivity contribution in [3.63, 3.8) is 0 Å². The zero-order chi connectivity index (χ0) is 22.4. The molecule has 0 atom stereocenters. The van der Waals surface area contributed by atoms with Crippen LogP contribution < -0.4 is 18.5 Å². The minimum Gasteiger partial charge on any atom is -0.497 e. The summed E-state index contributed by atoms with van der Waals surface area (Å²) in [5, 5.41) is 0. The largest absolute Gasteiger partial charge is 0.497 e. The van der Waals surface area contributed by atoms with Gasteiger partial charge in [0.05, 0.1) is 29.9 Å². The summed E-state index contributed by atoms with van der Waals surface area (Å²) in [4.78, 5) is 12.5. The summed E-state index contributed by atoms with van der Waals surface area (Å²) in [6, 6.07) is 19.0. The molecule has 31 heavy (non-hydrogen) atoms. The second-order valence-electron chi connectivity index (χ2n) is 6.49. The fourth-order valence-electron chi connectivity index (χ4n) is 2.81. The van der Waals surface area contributed by atoms with Crippen LogP contribution in [0.4, 0.5) is 5.69 Å². The number of carbonyl (C=O) groups is 1. The first-order valence-corrected chi connectivity index (χ1v) is 11.0. The molecule has 3 aromatic rings. The third-order valence-corrected chi connectivity index (χ3v) is 6.29. The molecule has 0 saturated heterocycles. The third-order valence-electron chi connectivity index (χ3n) is 4.51. The van der Waals surface area contributed by atoms with Gasteiger partial charge >= 0.3 is 5.97 Å². The molecule has 0 unspecified atom stereocenters. The predicted octanol–water partition coefficient (Wildman–Crippen LogP) is 4.14. The predicted molar refractivity (Wildman–Crippen MR) is 118 cm³/mol. The first-order valence-electron chi connectivity index (χ1n) is 9.53. The molecule has 8 heteroatoms. The van der Waals surface area contributed by atoms with Gasteiger partial charge in [0.1, 0.15) is 17.2 Å². The SMILES string of the molecule is CCOc1ccc(OC(=O)c2cccc(S(=O)(=O)N(C)c3ccc(OC)cc3)c2)cc1. The van der Waals surface area contributed by atoms with Gasteiger partial charge in [0, 0.05) is 7.05 Å². The Morgan fingerprint density at radius 1 is 0.903 bits per heavy atom. The highest BCUT2D eigenvalue weighted by atomic mass is 32.2. The van der Waals surface area contributed by atoms with Gasteiger partial charge < -0.3 is 14.2 Å². The monoisotopic (exact) mass is 441 g/mol. The van der Waals surface area contributed by atoms with E-state index in [9.17, 15) is 13.2 Å². The van der Waals surface area contributed by atoms with Crippen molar-refractivity contribution < 1.29 is 27.4 Å². The molecular weight excluding hydrogens is 418 g/mol. The van der Waals surface area contributed by atoms with Gasteiger partial charge in [-0.2, -0.15) is 0 Å². The van der Waals surface area contributed by atoms with E-state index in [-0.39, 0.29) is 10.5 Å². The summed E-state index contributed by atoms with van der Waals surface area (Å²) in [6.07, 6.45) is 0. The van der Waals surface area contributed by atoms with Gasteiger partial charge in [-0.1, -0.05) is 6.07 Å². The number of rotatable bonds is 8. The first kappa shape index (κ1) is 22.2. The Morgan fingerprint density at radius 3 is 2.13 bits per heavy atom. The van der Waals surface area contributed by atoms with Crippen molar-refractivity contribution in [2.75, 3.05) is 25.1 Å². The number of nitrogens with zero attached hydrogens (tertiary/aromatic N) is 1. The van der Waals surface area contributed by atoms with E-state index in [2.05, 4.69) is 0 Å². The van der Waals surface area contributed by atoms with E-state index in [0.29, 0.717) is 29.5 Å². The minimum atomic E-state index is -3.88. The van der Waals surface area contributed by atoms with Crippen molar-refractivity contribution in [1.29, 1.82) is 0 Å². The van der Waals surface area contributed by atoms with Gasteiger partial charge in [0.2, 0.25) is 0 Å². The smallest absolute Gasteiger partial charge is 0.343 e. The lowest BCUT2D eigenvalue weighted by molar-refractivity contribution is 0.0734. The summed E-state index contributed by atoms with van der Waals surface area (Å²) < 4.78 is 43.1. The second-order valence-corrected chi connectivity index (χ2v) is 8.46. The van der Waals surface area contributed by atoms with E-state index in [1.807, 2.05) is 6.92 Å². The zero-order valence-corrected chi connectivity index (χ0v) is 18.3. The minimum absolute atomic E-state index is 0.0213. The maximum Gasteiger partial charge on any atom is 0.343 e. The van der Waals surface area contributed by atoms with Crippen molar-refractivity contribution in [3.05, 3.63) is 78.4 Å². The molecule has 0 aliphatic carbocycles. The van der Waals surface area contributed by atoms with Gasteiger partial charge in [-0.05, 0) is 73.7 Å². The van der Waals surface area contributed by atoms with Crippen LogP contribution in [0.2, 0.25) is 0 Å². The molecule has 0 heterocycles. The highest BCUT2D eigenvalue weighted by Crippen LogP contribution is 2.25. The Kier molecular flexibility index (Phi) is 6.81. The standard InChI is InChI=1S/C23H23NO6S/c1-4-29-20-12-14-21(15-13-20)30-23(25)17-6-5-7-22(16-17)31(26,27)24(2)18-8-10-19(28-3)11-9-18/h5-16H,4H2,1-3H3. The Morgan fingerprint density at radius 2 is 1.52 bits per heavy atom. The molecule has 0 aliphatic heterocycles.